The third-order valence-electron chi connectivity index (χ3n) is 3.99. The number of thiazole rings is 1. The Morgan fingerprint density at radius 2 is 2.12 bits per heavy atom. The molecule has 16 heavy (non-hydrogen) atoms. The average molecular weight is 237 g/mol. The molecule has 3 heterocycles. The van der Waals surface area contributed by atoms with Crippen molar-refractivity contribution in [2.75, 3.05) is 6.54 Å². The first-order chi connectivity index (χ1) is 7.83. The van der Waals surface area contributed by atoms with E-state index in [4.69, 9.17) is 5.73 Å². The van der Waals surface area contributed by atoms with Crippen LogP contribution in [-0.2, 0) is 6.42 Å². The number of aromatic nitrogens is 1. The molecule has 2 fully saturated rings. The molecule has 2 saturated heterocycles. The van der Waals surface area contributed by atoms with Gasteiger partial charge in [0, 0.05) is 42.7 Å². The second-order valence-corrected chi connectivity index (χ2v) is 6.01. The molecular formula is C12H19N3S. The molecule has 4 heteroatoms. The van der Waals surface area contributed by atoms with Crippen molar-refractivity contribution in [3.63, 3.8) is 0 Å². The molecule has 2 aliphatic heterocycles. The van der Waals surface area contributed by atoms with Gasteiger partial charge in [-0.05, 0) is 25.7 Å². The number of nitrogens with two attached hydrogens (primary N) is 1. The molecule has 1 aromatic heterocycles. The number of nitrogens with zero attached hydrogens (tertiary/aromatic N) is 2. The fraction of sp³-hybridized carbons (Fsp3) is 0.750. The van der Waals surface area contributed by atoms with Crippen molar-refractivity contribution in [1.29, 1.82) is 0 Å². The molecule has 0 aliphatic carbocycles. The summed E-state index contributed by atoms with van der Waals surface area (Å²) in [6.07, 6.45) is 8.13. The molecule has 2 atom stereocenters. The summed E-state index contributed by atoms with van der Waals surface area (Å²) in [5.74, 6) is 0. The van der Waals surface area contributed by atoms with Crippen LogP contribution in [0, 0.1) is 0 Å². The maximum absolute atomic E-state index is 6.07. The van der Waals surface area contributed by atoms with Crippen molar-refractivity contribution >= 4 is 11.3 Å². The SMILES string of the molecule is NC1CC2CCC(C1)N2CCc1nccs1. The van der Waals surface area contributed by atoms with E-state index in [0.717, 1.165) is 18.5 Å². The highest BCUT2D eigenvalue weighted by Crippen LogP contribution is 2.34. The van der Waals surface area contributed by atoms with Gasteiger partial charge in [0.2, 0.25) is 0 Å². The third kappa shape index (κ3) is 2.01. The normalized spacial score (nSPS) is 34.4. The monoisotopic (exact) mass is 237 g/mol. The van der Waals surface area contributed by atoms with Gasteiger partial charge >= 0.3 is 0 Å². The molecule has 0 radical (unpaired) electrons. The molecule has 0 saturated carbocycles. The Morgan fingerprint density at radius 1 is 1.38 bits per heavy atom. The minimum atomic E-state index is 0.452. The lowest BCUT2D eigenvalue weighted by molar-refractivity contribution is 0.129. The molecule has 0 spiro atoms. The van der Waals surface area contributed by atoms with Gasteiger partial charge in [-0.25, -0.2) is 4.98 Å². The summed E-state index contributed by atoms with van der Waals surface area (Å²) in [5.41, 5.74) is 6.07. The van der Waals surface area contributed by atoms with E-state index in [1.165, 1.54) is 37.2 Å². The summed E-state index contributed by atoms with van der Waals surface area (Å²) in [6, 6.07) is 1.97. The Bertz CT molecular complexity index is 324. The number of fused-ring (bicyclic) bond motifs is 2. The smallest absolute Gasteiger partial charge is 0.0937 e. The summed E-state index contributed by atoms with van der Waals surface area (Å²) in [4.78, 5) is 7.04. The molecule has 3 rings (SSSR count). The minimum absolute atomic E-state index is 0.452. The highest BCUT2D eigenvalue weighted by atomic mass is 32.1. The fourth-order valence-electron chi connectivity index (χ4n) is 3.28. The van der Waals surface area contributed by atoms with Crippen LogP contribution in [0.15, 0.2) is 11.6 Å². The first-order valence-electron chi connectivity index (χ1n) is 6.22. The summed E-state index contributed by atoms with van der Waals surface area (Å²) >= 11 is 1.77. The Balaban J connectivity index is 1.59. The second kappa shape index (κ2) is 4.43. The molecule has 0 amide bonds. The number of piperidine rings is 1. The maximum atomic E-state index is 6.07. The minimum Gasteiger partial charge on any atom is -0.328 e. The van der Waals surface area contributed by atoms with Crippen LogP contribution in [0.25, 0.3) is 0 Å². The second-order valence-electron chi connectivity index (χ2n) is 5.03. The molecule has 3 nitrogen and oxygen atoms in total. The third-order valence-corrected chi connectivity index (χ3v) is 4.83. The van der Waals surface area contributed by atoms with Crippen molar-refractivity contribution < 1.29 is 0 Å². The van der Waals surface area contributed by atoms with Gasteiger partial charge in [0.15, 0.2) is 0 Å². The van der Waals surface area contributed by atoms with E-state index in [9.17, 15) is 0 Å². The molecule has 1 aromatic rings. The predicted molar refractivity (Wildman–Crippen MR) is 66.5 cm³/mol. The van der Waals surface area contributed by atoms with Gasteiger partial charge in [0.25, 0.3) is 0 Å². The molecule has 2 aliphatic rings. The highest BCUT2D eigenvalue weighted by Gasteiger charge is 2.38. The zero-order valence-electron chi connectivity index (χ0n) is 9.51. The van der Waals surface area contributed by atoms with E-state index in [2.05, 4.69) is 15.3 Å². The van der Waals surface area contributed by atoms with E-state index < -0.39 is 0 Å². The van der Waals surface area contributed by atoms with Crippen molar-refractivity contribution in [1.82, 2.24) is 9.88 Å². The van der Waals surface area contributed by atoms with Crippen LogP contribution < -0.4 is 5.73 Å². The van der Waals surface area contributed by atoms with Crippen molar-refractivity contribution in [2.45, 2.75) is 50.2 Å². The zero-order valence-corrected chi connectivity index (χ0v) is 10.3. The fourth-order valence-corrected chi connectivity index (χ4v) is 3.89. The lowest BCUT2D eigenvalue weighted by atomic mass is 9.98. The summed E-state index contributed by atoms with van der Waals surface area (Å²) in [5, 5.41) is 3.34. The standard InChI is InChI=1S/C12H19N3S/c13-9-7-10-1-2-11(8-9)15(10)5-3-12-14-4-6-16-12/h4,6,9-11H,1-3,5,7-8,13H2. The highest BCUT2D eigenvalue weighted by molar-refractivity contribution is 7.09. The van der Waals surface area contributed by atoms with E-state index in [1.807, 2.05) is 6.20 Å². The molecule has 2 bridgehead atoms. The quantitative estimate of drug-likeness (QED) is 0.869. The molecule has 0 aromatic carbocycles. The van der Waals surface area contributed by atoms with E-state index >= 15 is 0 Å². The Labute approximate surface area is 101 Å². The van der Waals surface area contributed by atoms with Gasteiger partial charge in [0.1, 0.15) is 0 Å². The Kier molecular flexibility index (Phi) is 2.96. The summed E-state index contributed by atoms with van der Waals surface area (Å²) in [7, 11) is 0. The lowest BCUT2D eigenvalue weighted by Gasteiger charge is -2.37. The molecule has 2 unspecified atom stereocenters. The average Bonchev–Trinajstić information content (AvgIpc) is 2.83. The number of hydrogen-bond acceptors (Lipinski definition) is 4. The van der Waals surface area contributed by atoms with Crippen LogP contribution in [0.1, 0.15) is 30.7 Å². The van der Waals surface area contributed by atoms with Crippen LogP contribution in [0.5, 0.6) is 0 Å². The van der Waals surface area contributed by atoms with Crippen LogP contribution >= 0.6 is 11.3 Å². The first kappa shape index (κ1) is 10.7. The van der Waals surface area contributed by atoms with Gasteiger partial charge < -0.3 is 5.73 Å². The van der Waals surface area contributed by atoms with E-state index in [0.29, 0.717) is 6.04 Å². The van der Waals surface area contributed by atoms with E-state index in [-0.39, 0.29) is 0 Å². The largest absolute Gasteiger partial charge is 0.328 e. The maximum Gasteiger partial charge on any atom is 0.0937 e. The van der Waals surface area contributed by atoms with Crippen LogP contribution in [0.4, 0.5) is 0 Å². The van der Waals surface area contributed by atoms with Gasteiger partial charge in [-0.15, -0.1) is 11.3 Å². The number of hydrogen-bond donors (Lipinski definition) is 1. The van der Waals surface area contributed by atoms with Crippen LogP contribution in [-0.4, -0.2) is 34.6 Å². The van der Waals surface area contributed by atoms with Gasteiger partial charge in [-0.3, -0.25) is 4.90 Å². The molecule has 2 N–H and O–H groups in total. The van der Waals surface area contributed by atoms with Crippen molar-refractivity contribution in [3.8, 4) is 0 Å². The molecule has 88 valence electrons. The van der Waals surface area contributed by atoms with Gasteiger partial charge in [-0.2, -0.15) is 0 Å². The Morgan fingerprint density at radius 3 is 2.75 bits per heavy atom. The van der Waals surface area contributed by atoms with Gasteiger partial charge in [0.05, 0.1) is 5.01 Å². The molecular weight excluding hydrogens is 218 g/mol. The van der Waals surface area contributed by atoms with Crippen LogP contribution in [0.3, 0.4) is 0 Å². The predicted octanol–water partition coefficient (Wildman–Crippen LogP) is 1.64. The topological polar surface area (TPSA) is 42.1 Å². The van der Waals surface area contributed by atoms with Crippen molar-refractivity contribution in [2.24, 2.45) is 5.73 Å². The Hall–Kier alpha value is -0.450. The van der Waals surface area contributed by atoms with Crippen molar-refractivity contribution in [3.05, 3.63) is 16.6 Å². The number of rotatable bonds is 3. The van der Waals surface area contributed by atoms with Gasteiger partial charge in [-0.1, -0.05) is 0 Å². The van der Waals surface area contributed by atoms with E-state index in [1.54, 1.807) is 11.3 Å². The summed E-state index contributed by atoms with van der Waals surface area (Å²) < 4.78 is 0. The van der Waals surface area contributed by atoms with Crippen LogP contribution in [0.2, 0.25) is 0 Å². The first-order valence-corrected chi connectivity index (χ1v) is 7.10. The zero-order chi connectivity index (χ0) is 11.0. The summed E-state index contributed by atoms with van der Waals surface area (Å²) in [6.45, 7) is 1.18. The lowest BCUT2D eigenvalue weighted by Crippen LogP contribution is -2.48.